The van der Waals surface area contributed by atoms with Crippen molar-refractivity contribution in [2.24, 2.45) is 5.92 Å². The van der Waals surface area contributed by atoms with Crippen LogP contribution in [0.15, 0.2) is 59.5 Å². The Labute approximate surface area is 204 Å². The normalized spacial score (nSPS) is 12.6. The molecule has 7 nitrogen and oxygen atoms in total. The third kappa shape index (κ3) is 7.95. The molecule has 0 radical (unpaired) electrons. The third-order valence-corrected chi connectivity index (χ3v) is 7.51. The fourth-order valence-electron chi connectivity index (χ4n) is 3.41. The summed E-state index contributed by atoms with van der Waals surface area (Å²) in [6.07, 6.45) is 0.494. The largest absolute Gasteiger partial charge is 0.354 e. The molecule has 0 unspecified atom stereocenters. The van der Waals surface area contributed by atoms with E-state index in [1.165, 1.54) is 11.4 Å². The van der Waals surface area contributed by atoms with Gasteiger partial charge in [0.25, 0.3) is 0 Å². The van der Waals surface area contributed by atoms with Crippen molar-refractivity contribution in [3.8, 4) is 0 Å². The van der Waals surface area contributed by atoms with E-state index in [9.17, 15) is 18.0 Å². The SMILES string of the molecule is Cc1ccc(CN(C(=O)CCCN(C)S(=O)(=O)c2ccccc2)[C@H](C)C(=O)NCC(C)C)cc1. The van der Waals surface area contributed by atoms with Crippen molar-refractivity contribution in [2.45, 2.75) is 58.0 Å². The van der Waals surface area contributed by atoms with Crippen LogP contribution < -0.4 is 5.32 Å². The van der Waals surface area contributed by atoms with E-state index in [1.807, 2.05) is 45.0 Å². The fraction of sp³-hybridized carbons (Fsp3) is 0.462. The van der Waals surface area contributed by atoms with Gasteiger partial charge in [0.05, 0.1) is 4.90 Å². The number of carbonyl (C=O) groups excluding carboxylic acids is 2. The number of hydrogen-bond acceptors (Lipinski definition) is 4. The molecular weight excluding hydrogens is 450 g/mol. The molecule has 1 N–H and O–H groups in total. The lowest BCUT2D eigenvalue weighted by Gasteiger charge is -2.29. The van der Waals surface area contributed by atoms with E-state index in [-0.39, 0.29) is 29.7 Å². The molecule has 2 rings (SSSR count). The molecule has 34 heavy (non-hydrogen) atoms. The molecule has 0 aromatic heterocycles. The molecular formula is C26H37N3O4S. The maximum atomic E-state index is 13.2. The Morgan fingerprint density at radius 2 is 1.59 bits per heavy atom. The van der Waals surface area contributed by atoms with Crippen molar-refractivity contribution in [1.82, 2.24) is 14.5 Å². The van der Waals surface area contributed by atoms with E-state index in [0.29, 0.717) is 25.4 Å². The number of aryl methyl sites for hydroxylation is 1. The fourth-order valence-corrected chi connectivity index (χ4v) is 4.64. The van der Waals surface area contributed by atoms with Gasteiger partial charge in [-0.05, 0) is 43.9 Å². The Balaban J connectivity index is 2.06. The third-order valence-electron chi connectivity index (χ3n) is 5.64. The number of nitrogens with zero attached hydrogens (tertiary/aromatic N) is 2. The van der Waals surface area contributed by atoms with Gasteiger partial charge in [0, 0.05) is 33.1 Å². The molecule has 0 bridgehead atoms. The number of carbonyl (C=O) groups is 2. The Hall–Kier alpha value is -2.71. The maximum absolute atomic E-state index is 13.2. The van der Waals surface area contributed by atoms with E-state index >= 15 is 0 Å². The van der Waals surface area contributed by atoms with Gasteiger partial charge in [0.2, 0.25) is 21.8 Å². The quantitative estimate of drug-likeness (QED) is 0.496. The van der Waals surface area contributed by atoms with Crippen LogP contribution in [-0.2, 0) is 26.2 Å². The van der Waals surface area contributed by atoms with Crippen LogP contribution in [0.5, 0.6) is 0 Å². The molecule has 186 valence electrons. The van der Waals surface area contributed by atoms with Gasteiger partial charge in [-0.1, -0.05) is 61.9 Å². The highest BCUT2D eigenvalue weighted by Gasteiger charge is 2.26. The number of hydrogen-bond donors (Lipinski definition) is 1. The summed E-state index contributed by atoms with van der Waals surface area (Å²) in [4.78, 5) is 27.7. The summed E-state index contributed by atoms with van der Waals surface area (Å²) in [5.74, 6) is -0.0734. The van der Waals surface area contributed by atoms with Gasteiger partial charge in [-0.2, -0.15) is 0 Å². The molecule has 0 aliphatic carbocycles. The average Bonchev–Trinajstić information content (AvgIpc) is 2.82. The summed E-state index contributed by atoms with van der Waals surface area (Å²) in [7, 11) is -2.10. The van der Waals surface area contributed by atoms with E-state index in [4.69, 9.17) is 0 Å². The zero-order valence-electron chi connectivity index (χ0n) is 20.8. The van der Waals surface area contributed by atoms with Crippen LogP contribution in [-0.4, -0.2) is 55.6 Å². The number of rotatable bonds is 12. The minimum atomic E-state index is -3.61. The lowest BCUT2D eigenvalue weighted by atomic mass is 10.1. The molecule has 0 aliphatic rings. The van der Waals surface area contributed by atoms with Crippen LogP contribution in [0.25, 0.3) is 0 Å². The van der Waals surface area contributed by atoms with Crippen molar-refractivity contribution >= 4 is 21.8 Å². The molecule has 2 aromatic carbocycles. The average molecular weight is 488 g/mol. The van der Waals surface area contributed by atoms with Crippen LogP contribution in [0.3, 0.4) is 0 Å². The molecule has 0 saturated carbocycles. The lowest BCUT2D eigenvalue weighted by Crippen LogP contribution is -2.48. The van der Waals surface area contributed by atoms with Crippen LogP contribution in [0.1, 0.15) is 44.7 Å². The minimum absolute atomic E-state index is 0.141. The molecule has 0 aliphatic heterocycles. The number of nitrogens with one attached hydrogen (secondary N) is 1. The maximum Gasteiger partial charge on any atom is 0.242 e. The molecule has 0 spiro atoms. The number of benzene rings is 2. The topological polar surface area (TPSA) is 86.8 Å². The summed E-state index contributed by atoms with van der Waals surface area (Å²) < 4.78 is 26.7. The van der Waals surface area contributed by atoms with Crippen molar-refractivity contribution < 1.29 is 18.0 Å². The molecule has 0 saturated heterocycles. The van der Waals surface area contributed by atoms with E-state index < -0.39 is 16.1 Å². The zero-order chi connectivity index (χ0) is 25.3. The number of amides is 2. The molecule has 1 atom stereocenters. The van der Waals surface area contributed by atoms with Gasteiger partial charge in [0.15, 0.2) is 0 Å². The van der Waals surface area contributed by atoms with Crippen LogP contribution in [0.2, 0.25) is 0 Å². The second-order valence-electron chi connectivity index (χ2n) is 9.07. The smallest absolute Gasteiger partial charge is 0.242 e. The summed E-state index contributed by atoms with van der Waals surface area (Å²) in [5, 5.41) is 2.90. The predicted octanol–water partition coefficient (Wildman–Crippen LogP) is 3.59. The first-order valence-electron chi connectivity index (χ1n) is 11.7. The lowest BCUT2D eigenvalue weighted by molar-refractivity contribution is -0.140. The second-order valence-corrected chi connectivity index (χ2v) is 11.1. The Bertz CT molecular complexity index is 1040. The second kappa shape index (κ2) is 12.7. The standard InChI is InChI=1S/C26H37N3O4S/c1-20(2)18-27-26(31)22(4)29(19-23-15-13-21(3)14-16-23)25(30)12-9-17-28(5)34(32,33)24-10-7-6-8-11-24/h6-8,10-11,13-16,20,22H,9,12,17-19H2,1-5H3,(H,27,31)/t22-/m1/s1. The highest BCUT2D eigenvalue weighted by atomic mass is 32.2. The van der Waals surface area contributed by atoms with Crippen LogP contribution in [0, 0.1) is 12.8 Å². The van der Waals surface area contributed by atoms with Crippen molar-refractivity contribution in [2.75, 3.05) is 20.1 Å². The first-order valence-corrected chi connectivity index (χ1v) is 13.1. The molecule has 2 aromatic rings. The van der Waals surface area contributed by atoms with Crippen molar-refractivity contribution in [3.63, 3.8) is 0 Å². The minimum Gasteiger partial charge on any atom is -0.354 e. The van der Waals surface area contributed by atoms with E-state index in [0.717, 1.165) is 11.1 Å². The molecule has 0 fully saturated rings. The molecule has 8 heteroatoms. The summed E-state index contributed by atoms with van der Waals surface area (Å²) in [6.45, 7) is 8.81. The molecule has 0 heterocycles. The summed E-state index contributed by atoms with van der Waals surface area (Å²) in [6, 6.07) is 15.4. The predicted molar refractivity (Wildman–Crippen MR) is 135 cm³/mol. The Kier molecular flexibility index (Phi) is 10.3. The summed E-state index contributed by atoms with van der Waals surface area (Å²) >= 11 is 0. The van der Waals surface area contributed by atoms with Gasteiger partial charge >= 0.3 is 0 Å². The highest BCUT2D eigenvalue weighted by molar-refractivity contribution is 7.89. The van der Waals surface area contributed by atoms with Crippen LogP contribution >= 0.6 is 0 Å². The monoisotopic (exact) mass is 487 g/mol. The summed E-state index contributed by atoms with van der Waals surface area (Å²) in [5.41, 5.74) is 2.05. The van der Waals surface area contributed by atoms with Gasteiger partial charge < -0.3 is 10.2 Å². The highest BCUT2D eigenvalue weighted by Crippen LogP contribution is 2.16. The number of sulfonamides is 1. The van der Waals surface area contributed by atoms with E-state index in [2.05, 4.69) is 5.32 Å². The Morgan fingerprint density at radius 3 is 2.18 bits per heavy atom. The van der Waals surface area contributed by atoms with Crippen LogP contribution in [0.4, 0.5) is 0 Å². The van der Waals surface area contributed by atoms with Crippen molar-refractivity contribution in [1.29, 1.82) is 0 Å². The Morgan fingerprint density at radius 1 is 0.971 bits per heavy atom. The van der Waals surface area contributed by atoms with E-state index in [1.54, 1.807) is 42.2 Å². The van der Waals surface area contributed by atoms with Gasteiger partial charge in [-0.15, -0.1) is 0 Å². The van der Waals surface area contributed by atoms with Gasteiger partial charge in [0.1, 0.15) is 6.04 Å². The molecule has 2 amide bonds. The first kappa shape index (κ1) is 27.5. The first-order chi connectivity index (χ1) is 16.0. The van der Waals surface area contributed by atoms with Gasteiger partial charge in [-0.25, -0.2) is 12.7 Å². The van der Waals surface area contributed by atoms with Crippen molar-refractivity contribution in [3.05, 3.63) is 65.7 Å². The zero-order valence-corrected chi connectivity index (χ0v) is 21.6. The van der Waals surface area contributed by atoms with Gasteiger partial charge in [-0.3, -0.25) is 9.59 Å².